The van der Waals surface area contributed by atoms with Crippen LogP contribution in [0.25, 0.3) is 11.0 Å². The molecule has 0 bridgehead atoms. The Balaban J connectivity index is 1.94. The van der Waals surface area contributed by atoms with E-state index in [4.69, 9.17) is 11.6 Å². The summed E-state index contributed by atoms with van der Waals surface area (Å²) in [6.07, 6.45) is 2.35. The summed E-state index contributed by atoms with van der Waals surface area (Å²) in [6, 6.07) is 7.37. The number of aromatic nitrogens is 3. The number of benzene rings is 1. The predicted octanol–water partition coefficient (Wildman–Crippen LogP) is 2.19. The van der Waals surface area contributed by atoms with Crippen molar-refractivity contribution in [2.45, 2.75) is 18.8 Å². The molecule has 7 heteroatoms. The molecule has 1 aromatic carbocycles. The average molecular weight is 356 g/mol. The second-order valence-electron chi connectivity index (χ2n) is 6.25. The molecule has 6 nitrogen and oxygen atoms in total. The quantitative estimate of drug-likeness (QED) is 0.725. The molecular weight excluding hydrogens is 342 g/mol. The summed E-state index contributed by atoms with van der Waals surface area (Å²) in [7, 11) is 1.54. The number of H-pyrrole nitrogens is 1. The Hall–Kier alpha value is -2.73. The highest BCUT2D eigenvalue weighted by molar-refractivity contribution is 6.30. The van der Waals surface area contributed by atoms with Gasteiger partial charge in [0.15, 0.2) is 5.78 Å². The molecule has 0 aliphatic heterocycles. The first kappa shape index (κ1) is 15.8. The number of carbonyl (C=O) groups is 1. The van der Waals surface area contributed by atoms with Crippen molar-refractivity contribution in [2.75, 3.05) is 0 Å². The maximum absolute atomic E-state index is 12.6. The van der Waals surface area contributed by atoms with Gasteiger partial charge in [0.25, 0.3) is 5.56 Å². The van der Waals surface area contributed by atoms with Gasteiger partial charge in [-0.3, -0.25) is 19.1 Å². The van der Waals surface area contributed by atoms with Crippen molar-refractivity contribution in [3.63, 3.8) is 0 Å². The fraction of sp³-hybridized carbons (Fsp3) is 0.222. The van der Waals surface area contributed by atoms with E-state index in [1.54, 1.807) is 19.2 Å². The molecule has 25 heavy (non-hydrogen) atoms. The summed E-state index contributed by atoms with van der Waals surface area (Å²) in [5.41, 5.74) is 1.36. The fourth-order valence-electron chi connectivity index (χ4n) is 3.45. The van der Waals surface area contributed by atoms with E-state index in [1.807, 2.05) is 12.1 Å². The number of pyridine rings is 1. The van der Waals surface area contributed by atoms with Gasteiger partial charge < -0.3 is 0 Å². The van der Waals surface area contributed by atoms with Crippen LogP contribution in [0.3, 0.4) is 0 Å². The number of nitrogens with zero attached hydrogens (tertiary/aromatic N) is 2. The van der Waals surface area contributed by atoms with E-state index < -0.39 is 11.2 Å². The zero-order valence-electron chi connectivity index (χ0n) is 13.4. The monoisotopic (exact) mass is 355 g/mol. The van der Waals surface area contributed by atoms with Crippen LogP contribution in [-0.2, 0) is 13.5 Å². The average Bonchev–Trinajstić information content (AvgIpc) is 2.59. The molecule has 1 N–H and O–H groups in total. The number of Topliss-reactive ketones (excluding diaryl/α,β-unsaturated/α-hetero) is 1. The minimum Gasteiger partial charge on any atom is -0.294 e. The van der Waals surface area contributed by atoms with Gasteiger partial charge >= 0.3 is 5.69 Å². The molecule has 126 valence electrons. The minimum atomic E-state index is -0.527. The van der Waals surface area contributed by atoms with Gasteiger partial charge in [0.2, 0.25) is 0 Å². The highest BCUT2D eigenvalue weighted by atomic mass is 35.5. The topological polar surface area (TPSA) is 84.8 Å². The first-order valence-electron chi connectivity index (χ1n) is 7.85. The van der Waals surface area contributed by atoms with E-state index in [0.29, 0.717) is 34.4 Å². The molecule has 0 spiro atoms. The molecule has 2 aromatic heterocycles. The van der Waals surface area contributed by atoms with E-state index in [9.17, 15) is 14.4 Å². The zero-order chi connectivity index (χ0) is 17.7. The minimum absolute atomic E-state index is 0.0421. The third-order valence-corrected chi connectivity index (χ3v) is 5.01. The number of rotatable bonds is 1. The normalized spacial score (nSPS) is 16.9. The summed E-state index contributed by atoms with van der Waals surface area (Å²) in [6.45, 7) is 0. The number of fused-ring (bicyclic) bond motifs is 3. The van der Waals surface area contributed by atoms with E-state index in [-0.39, 0.29) is 17.3 Å². The van der Waals surface area contributed by atoms with Gasteiger partial charge in [-0.15, -0.1) is 0 Å². The molecule has 0 fully saturated rings. The Morgan fingerprint density at radius 3 is 2.60 bits per heavy atom. The molecule has 0 saturated heterocycles. The van der Waals surface area contributed by atoms with Crippen molar-refractivity contribution < 1.29 is 4.79 Å². The molecule has 0 amide bonds. The first-order valence-corrected chi connectivity index (χ1v) is 8.23. The highest BCUT2D eigenvalue weighted by Gasteiger charge is 2.29. The van der Waals surface area contributed by atoms with Crippen LogP contribution in [0.2, 0.25) is 5.02 Å². The predicted molar refractivity (Wildman–Crippen MR) is 94.4 cm³/mol. The second kappa shape index (κ2) is 5.67. The molecule has 4 rings (SSSR count). The Kier molecular flexibility index (Phi) is 3.58. The number of halogens is 1. The SMILES string of the molecule is Cn1c(=O)[nH]c(=O)c2c3c(cnc21)C(=O)CC(c1ccc(Cl)cc1)C3. The van der Waals surface area contributed by atoms with Crippen molar-refractivity contribution in [1.82, 2.24) is 14.5 Å². The van der Waals surface area contributed by atoms with Crippen molar-refractivity contribution in [1.29, 1.82) is 0 Å². The summed E-state index contributed by atoms with van der Waals surface area (Å²) in [5.74, 6) is -0.0941. The van der Waals surface area contributed by atoms with E-state index in [2.05, 4.69) is 9.97 Å². The highest BCUT2D eigenvalue weighted by Crippen LogP contribution is 2.34. The molecule has 2 heterocycles. The third-order valence-electron chi connectivity index (χ3n) is 4.76. The molecule has 1 aliphatic carbocycles. The van der Waals surface area contributed by atoms with Crippen LogP contribution in [0.15, 0.2) is 40.1 Å². The van der Waals surface area contributed by atoms with Gasteiger partial charge in [-0.2, -0.15) is 0 Å². The number of hydrogen-bond donors (Lipinski definition) is 1. The van der Waals surface area contributed by atoms with Crippen LogP contribution in [0, 0.1) is 0 Å². The van der Waals surface area contributed by atoms with Gasteiger partial charge in [-0.05, 0) is 35.6 Å². The van der Waals surface area contributed by atoms with E-state index in [1.165, 1.54) is 10.8 Å². The van der Waals surface area contributed by atoms with E-state index in [0.717, 1.165) is 5.56 Å². The summed E-state index contributed by atoms with van der Waals surface area (Å²) < 4.78 is 1.29. The standard InChI is InChI=1S/C18H14ClN3O3/c1-22-16-15(17(24)21-18(22)25)12-6-10(7-14(23)13(12)8-20-16)9-2-4-11(19)5-3-9/h2-5,8,10H,6-7H2,1H3,(H,21,24,25). The molecule has 3 aromatic rings. The molecule has 1 aliphatic rings. The molecule has 1 atom stereocenters. The molecule has 0 radical (unpaired) electrons. The number of aryl methyl sites for hydroxylation is 1. The lowest BCUT2D eigenvalue weighted by Gasteiger charge is -2.24. The van der Waals surface area contributed by atoms with Crippen LogP contribution in [0.4, 0.5) is 0 Å². The lowest BCUT2D eigenvalue weighted by atomic mass is 9.79. The number of ketones is 1. The Morgan fingerprint density at radius 2 is 1.88 bits per heavy atom. The van der Waals surface area contributed by atoms with Gasteiger partial charge in [0.05, 0.1) is 5.39 Å². The van der Waals surface area contributed by atoms with Gasteiger partial charge in [0.1, 0.15) is 5.65 Å². The zero-order valence-corrected chi connectivity index (χ0v) is 14.1. The largest absolute Gasteiger partial charge is 0.329 e. The first-order chi connectivity index (χ1) is 12.0. The van der Waals surface area contributed by atoms with Crippen LogP contribution in [-0.4, -0.2) is 20.3 Å². The number of carbonyl (C=O) groups excluding carboxylic acids is 1. The Morgan fingerprint density at radius 1 is 1.16 bits per heavy atom. The molecule has 1 unspecified atom stereocenters. The second-order valence-corrected chi connectivity index (χ2v) is 6.68. The van der Waals surface area contributed by atoms with Crippen LogP contribution in [0.5, 0.6) is 0 Å². The lowest BCUT2D eigenvalue weighted by Crippen LogP contribution is -2.31. The van der Waals surface area contributed by atoms with Crippen molar-refractivity contribution >= 4 is 28.4 Å². The molecule has 0 saturated carbocycles. The number of aromatic amines is 1. The van der Waals surface area contributed by atoms with Crippen LogP contribution >= 0.6 is 11.6 Å². The summed E-state index contributed by atoms with van der Waals surface area (Å²) >= 11 is 5.94. The fourth-order valence-corrected chi connectivity index (χ4v) is 3.57. The van der Waals surface area contributed by atoms with E-state index >= 15 is 0 Å². The van der Waals surface area contributed by atoms with Crippen LogP contribution < -0.4 is 11.2 Å². The Bertz CT molecular complexity index is 1130. The number of hydrogen-bond acceptors (Lipinski definition) is 4. The lowest BCUT2D eigenvalue weighted by molar-refractivity contribution is 0.0964. The maximum Gasteiger partial charge on any atom is 0.329 e. The van der Waals surface area contributed by atoms with Crippen molar-refractivity contribution in [2.24, 2.45) is 7.05 Å². The smallest absolute Gasteiger partial charge is 0.294 e. The van der Waals surface area contributed by atoms with Crippen molar-refractivity contribution in [3.05, 3.63) is 73.0 Å². The van der Waals surface area contributed by atoms with Gasteiger partial charge in [-0.25, -0.2) is 9.78 Å². The molecular formula is C18H14ClN3O3. The summed E-state index contributed by atoms with van der Waals surface area (Å²) in [5, 5.41) is 0.944. The van der Waals surface area contributed by atoms with Gasteiger partial charge in [-0.1, -0.05) is 23.7 Å². The van der Waals surface area contributed by atoms with Crippen LogP contribution in [0.1, 0.15) is 33.8 Å². The van der Waals surface area contributed by atoms with Gasteiger partial charge in [0, 0.05) is 30.3 Å². The number of nitrogens with one attached hydrogen (secondary N) is 1. The third kappa shape index (κ3) is 2.49. The van der Waals surface area contributed by atoms with Crippen molar-refractivity contribution in [3.8, 4) is 0 Å². The summed E-state index contributed by atoms with van der Waals surface area (Å²) in [4.78, 5) is 43.2. The Labute approximate surface area is 147 Å². The maximum atomic E-state index is 12.6.